The molecule has 0 radical (unpaired) electrons. The Morgan fingerprint density at radius 2 is 0.896 bits per heavy atom. The second-order valence-corrected chi connectivity index (χ2v) is 23.8. The second-order valence-electron chi connectivity index (χ2n) is 23.8. The van der Waals surface area contributed by atoms with Crippen LogP contribution in [0.1, 0.15) is 167 Å². The Labute approximate surface area is 300 Å². The molecule has 16 atom stereocenters. The molecule has 8 saturated carbocycles. The first-order valence-electron chi connectivity index (χ1n) is 22.6. The van der Waals surface area contributed by atoms with Gasteiger partial charge in [0, 0.05) is 0 Å². The molecule has 8 aliphatic rings. The van der Waals surface area contributed by atoms with Crippen molar-refractivity contribution in [1.82, 2.24) is 0 Å². The van der Waals surface area contributed by atoms with E-state index in [-0.39, 0.29) is 0 Å². The van der Waals surface area contributed by atoms with Gasteiger partial charge in [-0.05, 0) is 192 Å². The molecule has 48 heavy (non-hydrogen) atoms. The SMILES string of the molecule is CC(C)C1C(C(C)C)C2(C3CCC4C5CC(C(C)(C)C)C6CCCCC6C5CC4C3C3CC(C(C)(C)C)C4CCCCC4C32)C1C(C)C. The van der Waals surface area contributed by atoms with Gasteiger partial charge < -0.3 is 0 Å². The van der Waals surface area contributed by atoms with E-state index in [0.29, 0.717) is 16.2 Å². The normalized spacial score (nSPS) is 53.2. The minimum Gasteiger partial charge on any atom is -0.0625 e. The molecule has 0 bridgehead atoms. The van der Waals surface area contributed by atoms with Gasteiger partial charge in [-0.15, -0.1) is 0 Å². The highest BCUT2D eigenvalue weighted by molar-refractivity contribution is 5.26. The van der Waals surface area contributed by atoms with Gasteiger partial charge >= 0.3 is 0 Å². The monoisotopic (exact) mass is 659 g/mol. The lowest BCUT2D eigenvalue weighted by atomic mass is 9.32. The van der Waals surface area contributed by atoms with Gasteiger partial charge in [0.15, 0.2) is 0 Å². The van der Waals surface area contributed by atoms with E-state index in [9.17, 15) is 0 Å². The molecule has 0 aromatic heterocycles. The zero-order valence-electron chi connectivity index (χ0n) is 34.2. The van der Waals surface area contributed by atoms with Crippen molar-refractivity contribution in [2.75, 3.05) is 0 Å². The Kier molecular flexibility index (Phi) is 8.77. The molecule has 8 fully saturated rings. The molecular weight excluding hydrogens is 577 g/mol. The minimum atomic E-state index is 0.457. The lowest BCUT2D eigenvalue weighted by Crippen LogP contribution is -2.68. The molecule has 0 amide bonds. The summed E-state index contributed by atoms with van der Waals surface area (Å²) in [4.78, 5) is 0. The maximum absolute atomic E-state index is 2.70. The van der Waals surface area contributed by atoms with Crippen LogP contribution in [0.4, 0.5) is 0 Å². The molecule has 0 aromatic carbocycles. The average Bonchev–Trinajstić information content (AvgIpc) is 3.52. The standard InChI is InChI=1S/C48H82/c1-26(2)41-43(27(3)4)48(44(41)28(5)6)38-22-21-30-35-24-39(46(7,8)9)31-18-14-13-17-29(31)34(35)23-36(30)42(38)37-25-40(47(10,11)12)32-19-15-16-20-33(32)45(37)48/h26-45H,13-25H2,1-12H3. The fourth-order valence-corrected chi connectivity index (χ4v) is 19.0. The lowest BCUT2D eigenvalue weighted by molar-refractivity contribution is -0.256. The summed E-state index contributed by atoms with van der Waals surface area (Å²) in [7, 11) is 0. The molecular formula is C48H82. The Bertz CT molecular complexity index is 1140. The van der Waals surface area contributed by atoms with E-state index >= 15 is 0 Å². The van der Waals surface area contributed by atoms with E-state index in [1.807, 2.05) is 0 Å². The summed E-state index contributed by atoms with van der Waals surface area (Å²) >= 11 is 0. The third-order valence-corrected chi connectivity index (χ3v) is 19.4. The molecule has 0 aromatic rings. The summed E-state index contributed by atoms with van der Waals surface area (Å²) in [5.41, 5.74) is 1.57. The van der Waals surface area contributed by atoms with Crippen LogP contribution in [0.3, 0.4) is 0 Å². The molecule has 0 heteroatoms. The smallest absolute Gasteiger partial charge is 0.0165 e. The van der Waals surface area contributed by atoms with Gasteiger partial charge in [-0.1, -0.05) is 109 Å². The molecule has 0 N–H and O–H groups in total. The van der Waals surface area contributed by atoms with Gasteiger partial charge in [0.2, 0.25) is 0 Å². The highest BCUT2D eigenvalue weighted by Gasteiger charge is 2.79. The van der Waals surface area contributed by atoms with E-state index in [1.165, 1.54) is 25.7 Å². The predicted octanol–water partition coefficient (Wildman–Crippen LogP) is 13.7. The summed E-state index contributed by atoms with van der Waals surface area (Å²) < 4.78 is 0. The van der Waals surface area contributed by atoms with E-state index < -0.39 is 0 Å². The van der Waals surface area contributed by atoms with Crippen molar-refractivity contribution in [2.24, 2.45) is 135 Å². The van der Waals surface area contributed by atoms with Crippen molar-refractivity contribution >= 4 is 0 Å². The van der Waals surface area contributed by atoms with Crippen LogP contribution in [0.5, 0.6) is 0 Å². The summed E-state index contributed by atoms with van der Waals surface area (Å²) in [6.45, 7) is 32.0. The van der Waals surface area contributed by atoms with Gasteiger partial charge in [0.25, 0.3) is 0 Å². The molecule has 0 heterocycles. The van der Waals surface area contributed by atoms with E-state index in [2.05, 4.69) is 83.1 Å². The molecule has 8 aliphatic carbocycles. The molecule has 0 saturated heterocycles. The Morgan fingerprint density at radius 1 is 0.438 bits per heavy atom. The molecule has 0 aliphatic heterocycles. The molecule has 16 unspecified atom stereocenters. The van der Waals surface area contributed by atoms with Crippen LogP contribution < -0.4 is 0 Å². The van der Waals surface area contributed by atoms with E-state index in [4.69, 9.17) is 0 Å². The molecule has 0 nitrogen and oxygen atoms in total. The minimum absolute atomic E-state index is 0.457. The Morgan fingerprint density at radius 3 is 1.42 bits per heavy atom. The van der Waals surface area contributed by atoms with Crippen molar-refractivity contribution < 1.29 is 0 Å². The van der Waals surface area contributed by atoms with Crippen molar-refractivity contribution in [3.05, 3.63) is 0 Å². The molecule has 8 rings (SSSR count). The van der Waals surface area contributed by atoms with Gasteiger partial charge in [-0.3, -0.25) is 0 Å². The van der Waals surface area contributed by atoms with Crippen LogP contribution >= 0.6 is 0 Å². The van der Waals surface area contributed by atoms with Crippen LogP contribution in [0, 0.1) is 135 Å². The van der Waals surface area contributed by atoms with Gasteiger partial charge in [0.05, 0.1) is 0 Å². The molecule has 274 valence electrons. The quantitative estimate of drug-likeness (QED) is 0.283. The highest BCUT2D eigenvalue weighted by atomic mass is 14.8. The highest BCUT2D eigenvalue weighted by Crippen LogP contribution is 2.83. The largest absolute Gasteiger partial charge is 0.0625 e. The summed E-state index contributed by atoms with van der Waals surface area (Å²) in [5.74, 6) is 19.9. The Hall–Kier alpha value is 0. The second kappa shape index (κ2) is 12.0. The van der Waals surface area contributed by atoms with Gasteiger partial charge in [0.1, 0.15) is 0 Å². The number of hydrogen-bond acceptors (Lipinski definition) is 0. The summed E-state index contributed by atoms with van der Waals surface area (Å²) in [5, 5.41) is 0. The van der Waals surface area contributed by atoms with E-state index in [1.54, 1.807) is 57.8 Å². The van der Waals surface area contributed by atoms with Crippen LogP contribution in [-0.2, 0) is 0 Å². The number of fused-ring (bicyclic) bond motifs is 13. The lowest BCUT2D eigenvalue weighted by Gasteiger charge is -2.72. The Balaban J connectivity index is 1.26. The maximum Gasteiger partial charge on any atom is -0.0165 e. The third kappa shape index (κ3) is 4.82. The third-order valence-electron chi connectivity index (χ3n) is 19.4. The first-order chi connectivity index (χ1) is 22.6. The van der Waals surface area contributed by atoms with Gasteiger partial charge in [-0.25, -0.2) is 0 Å². The zero-order chi connectivity index (χ0) is 34.2. The summed E-state index contributed by atoms with van der Waals surface area (Å²) in [6.07, 6.45) is 20.5. The van der Waals surface area contributed by atoms with Crippen LogP contribution in [0.25, 0.3) is 0 Å². The topological polar surface area (TPSA) is 0 Å². The van der Waals surface area contributed by atoms with Crippen molar-refractivity contribution in [1.29, 1.82) is 0 Å². The maximum atomic E-state index is 2.70. The van der Waals surface area contributed by atoms with Crippen LogP contribution in [0.2, 0.25) is 0 Å². The average molecular weight is 659 g/mol. The first kappa shape index (κ1) is 35.1. The number of rotatable bonds is 3. The predicted molar refractivity (Wildman–Crippen MR) is 205 cm³/mol. The van der Waals surface area contributed by atoms with Crippen molar-refractivity contribution in [2.45, 2.75) is 167 Å². The fourth-order valence-electron chi connectivity index (χ4n) is 19.0. The van der Waals surface area contributed by atoms with E-state index in [0.717, 1.165) is 118 Å². The summed E-state index contributed by atoms with van der Waals surface area (Å²) in [6, 6.07) is 0. The fraction of sp³-hybridized carbons (Fsp3) is 1.00. The van der Waals surface area contributed by atoms with Gasteiger partial charge in [-0.2, -0.15) is 0 Å². The zero-order valence-corrected chi connectivity index (χ0v) is 34.2. The number of hydrogen-bond donors (Lipinski definition) is 0. The van der Waals surface area contributed by atoms with Crippen molar-refractivity contribution in [3.8, 4) is 0 Å². The first-order valence-corrected chi connectivity index (χ1v) is 22.6. The van der Waals surface area contributed by atoms with Crippen LogP contribution in [0.15, 0.2) is 0 Å². The van der Waals surface area contributed by atoms with Crippen LogP contribution in [-0.4, -0.2) is 0 Å². The molecule has 1 spiro atoms. The van der Waals surface area contributed by atoms with Crippen molar-refractivity contribution in [3.63, 3.8) is 0 Å².